The third-order valence-corrected chi connectivity index (χ3v) is 3.79. The van der Waals surface area contributed by atoms with Gasteiger partial charge in [0.15, 0.2) is 0 Å². The minimum atomic E-state index is 0.403. The molecule has 0 radical (unpaired) electrons. The highest BCUT2D eigenvalue weighted by molar-refractivity contribution is 4.86. The molecule has 2 heterocycles. The van der Waals surface area contributed by atoms with E-state index >= 15 is 0 Å². The van der Waals surface area contributed by atoms with Crippen LogP contribution in [0.25, 0.3) is 0 Å². The Morgan fingerprint density at radius 1 is 1.40 bits per heavy atom. The summed E-state index contributed by atoms with van der Waals surface area (Å²) in [6, 6.07) is 0.468. The minimum Gasteiger partial charge on any atom is -0.377 e. The Balaban J connectivity index is 1.92. The van der Waals surface area contributed by atoms with Crippen LogP contribution >= 0.6 is 0 Å². The Morgan fingerprint density at radius 3 is 2.87 bits per heavy atom. The van der Waals surface area contributed by atoms with E-state index in [1.165, 1.54) is 38.8 Å². The molecule has 0 aromatic carbocycles. The highest BCUT2D eigenvalue weighted by Gasteiger charge is 2.31. The molecule has 2 N–H and O–H groups in total. The fraction of sp³-hybridized carbons (Fsp3) is 1.00. The van der Waals surface area contributed by atoms with Crippen molar-refractivity contribution in [2.75, 3.05) is 26.2 Å². The number of likely N-dealkylation sites (tertiary alicyclic amines) is 1. The maximum atomic E-state index is 5.91. The van der Waals surface area contributed by atoms with Gasteiger partial charge in [-0.2, -0.15) is 0 Å². The largest absolute Gasteiger partial charge is 0.377 e. The Kier molecular flexibility index (Phi) is 4.00. The standard InChI is InChI=1S/C12H24N2O/c1-10-4-2-6-14(9-10)11(8-13)12-5-3-7-15-12/h10-12H,2-9,13H2,1H3. The van der Waals surface area contributed by atoms with Crippen LogP contribution in [0.1, 0.15) is 32.6 Å². The fourth-order valence-corrected chi connectivity index (χ4v) is 2.97. The van der Waals surface area contributed by atoms with Crippen LogP contribution in [0.5, 0.6) is 0 Å². The molecule has 3 atom stereocenters. The van der Waals surface area contributed by atoms with Crippen molar-refractivity contribution in [2.45, 2.75) is 44.8 Å². The number of hydrogen-bond acceptors (Lipinski definition) is 3. The summed E-state index contributed by atoms with van der Waals surface area (Å²) in [4.78, 5) is 2.56. The summed E-state index contributed by atoms with van der Waals surface area (Å²) in [5.74, 6) is 0.828. The number of piperidine rings is 1. The third-order valence-electron chi connectivity index (χ3n) is 3.79. The van der Waals surface area contributed by atoms with E-state index in [2.05, 4.69) is 11.8 Å². The van der Waals surface area contributed by atoms with Crippen molar-refractivity contribution < 1.29 is 4.74 Å². The highest BCUT2D eigenvalue weighted by Crippen LogP contribution is 2.24. The molecular formula is C12H24N2O. The third kappa shape index (κ3) is 2.71. The normalized spacial score (nSPS) is 35.6. The van der Waals surface area contributed by atoms with Gasteiger partial charge >= 0.3 is 0 Å². The Bertz CT molecular complexity index is 192. The van der Waals surface area contributed by atoms with Crippen LogP contribution < -0.4 is 5.73 Å². The zero-order chi connectivity index (χ0) is 10.7. The lowest BCUT2D eigenvalue weighted by Crippen LogP contribution is -2.51. The molecule has 3 unspecified atom stereocenters. The van der Waals surface area contributed by atoms with Gasteiger partial charge in [0.2, 0.25) is 0 Å². The van der Waals surface area contributed by atoms with Crippen LogP contribution in [0.15, 0.2) is 0 Å². The van der Waals surface area contributed by atoms with Crippen molar-refractivity contribution in [1.29, 1.82) is 0 Å². The quantitative estimate of drug-likeness (QED) is 0.764. The van der Waals surface area contributed by atoms with Crippen LogP contribution in [0.2, 0.25) is 0 Å². The summed E-state index contributed by atoms with van der Waals surface area (Å²) < 4.78 is 5.77. The predicted molar refractivity (Wildman–Crippen MR) is 61.8 cm³/mol. The van der Waals surface area contributed by atoms with Crippen molar-refractivity contribution in [3.05, 3.63) is 0 Å². The zero-order valence-electron chi connectivity index (χ0n) is 9.82. The van der Waals surface area contributed by atoms with Gasteiger partial charge in [-0.1, -0.05) is 6.92 Å². The second-order valence-corrected chi connectivity index (χ2v) is 5.10. The van der Waals surface area contributed by atoms with Gasteiger partial charge in [-0.3, -0.25) is 4.90 Å². The van der Waals surface area contributed by atoms with E-state index < -0.39 is 0 Å². The second-order valence-electron chi connectivity index (χ2n) is 5.10. The molecule has 0 aromatic heterocycles. The summed E-state index contributed by atoms with van der Waals surface area (Å²) in [6.45, 7) is 6.45. The second kappa shape index (κ2) is 5.28. The summed E-state index contributed by atoms with van der Waals surface area (Å²) in [5, 5.41) is 0. The van der Waals surface area contributed by atoms with Gasteiger partial charge in [-0.05, 0) is 38.1 Å². The topological polar surface area (TPSA) is 38.5 Å². The van der Waals surface area contributed by atoms with Gasteiger partial charge in [0, 0.05) is 25.7 Å². The average molecular weight is 212 g/mol. The van der Waals surface area contributed by atoms with E-state index in [1.807, 2.05) is 0 Å². The van der Waals surface area contributed by atoms with E-state index in [9.17, 15) is 0 Å². The molecule has 0 spiro atoms. The van der Waals surface area contributed by atoms with E-state index in [0.29, 0.717) is 12.1 Å². The van der Waals surface area contributed by atoms with Crippen molar-refractivity contribution in [1.82, 2.24) is 4.90 Å². The van der Waals surface area contributed by atoms with E-state index in [4.69, 9.17) is 10.5 Å². The molecule has 2 aliphatic heterocycles. The Hall–Kier alpha value is -0.120. The van der Waals surface area contributed by atoms with Crippen molar-refractivity contribution in [3.63, 3.8) is 0 Å². The lowest BCUT2D eigenvalue weighted by atomic mass is 9.96. The van der Waals surface area contributed by atoms with Crippen LogP contribution in [0.4, 0.5) is 0 Å². The first-order valence-electron chi connectivity index (χ1n) is 6.37. The molecule has 88 valence electrons. The van der Waals surface area contributed by atoms with Gasteiger partial charge < -0.3 is 10.5 Å². The highest BCUT2D eigenvalue weighted by atomic mass is 16.5. The first-order chi connectivity index (χ1) is 7.31. The lowest BCUT2D eigenvalue weighted by molar-refractivity contribution is 0.0114. The average Bonchev–Trinajstić information content (AvgIpc) is 2.72. The van der Waals surface area contributed by atoms with Crippen LogP contribution in [0, 0.1) is 5.92 Å². The summed E-state index contributed by atoms with van der Waals surface area (Å²) in [5.41, 5.74) is 5.91. The molecule has 2 fully saturated rings. The van der Waals surface area contributed by atoms with Crippen molar-refractivity contribution in [3.8, 4) is 0 Å². The van der Waals surface area contributed by atoms with Gasteiger partial charge in [0.1, 0.15) is 0 Å². The molecule has 0 amide bonds. The predicted octanol–water partition coefficient (Wildman–Crippen LogP) is 1.22. The molecule has 0 bridgehead atoms. The fourth-order valence-electron chi connectivity index (χ4n) is 2.97. The Labute approximate surface area is 93.0 Å². The van der Waals surface area contributed by atoms with Crippen LogP contribution in [-0.4, -0.2) is 43.3 Å². The summed E-state index contributed by atoms with van der Waals surface area (Å²) in [6.07, 6.45) is 5.52. The maximum absolute atomic E-state index is 5.91. The first-order valence-corrected chi connectivity index (χ1v) is 6.37. The van der Waals surface area contributed by atoms with Crippen molar-refractivity contribution >= 4 is 0 Å². The van der Waals surface area contributed by atoms with E-state index in [-0.39, 0.29) is 0 Å². The SMILES string of the molecule is CC1CCCN(C(CN)C2CCCO2)C1. The first kappa shape index (κ1) is 11.4. The van der Waals surface area contributed by atoms with E-state index in [1.54, 1.807) is 0 Å². The molecule has 2 aliphatic rings. The summed E-state index contributed by atoms with van der Waals surface area (Å²) >= 11 is 0. The number of nitrogens with two attached hydrogens (primary N) is 1. The molecule has 2 saturated heterocycles. The molecular weight excluding hydrogens is 188 g/mol. The molecule has 0 aliphatic carbocycles. The van der Waals surface area contributed by atoms with Crippen LogP contribution in [-0.2, 0) is 4.74 Å². The van der Waals surface area contributed by atoms with Crippen molar-refractivity contribution in [2.24, 2.45) is 11.7 Å². The molecule has 3 nitrogen and oxygen atoms in total. The minimum absolute atomic E-state index is 0.403. The number of rotatable bonds is 3. The molecule has 2 rings (SSSR count). The zero-order valence-corrected chi connectivity index (χ0v) is 9.82. The molecule has 3 heteroatoms. The number of ether oxygens (including phenoxy) is 1. The molecule has 0 saturated carbocycles. The Morgan fingerprint density at radius 2 is 2.27 bits per heavy atom. The van der Waals surface area contributed by atoms with Gasteiger partial charge in [-0.15, -0.1) is 0 Å². The van der Waals surface area contributed by atoms with Crippen LogP contribution in [0.3, 0.4) is 0 Å². The maximum Gasteiger partial charge on any atom is 0.0743 e. The van der Waals surface area contributed by atoms with E-state index in [0.717, 1.165) is 19.1 Å². The van der Waals surface area contributed by atoms with Gasteiger partial charge in [-0.25, -0.2) is 0 Å². The van der Waals surface area contributed by atoms with Gasteiger partial charge in [0.05, 0.1) is 6.10 Å². The monoisotopic (exact) mass is 212 g/mol. The molecule has 0 aromatic rings. The molecule has 15 heavy (non-hydrogen) atoms. The van der Waals surface area contributed by atoms with Gasteiger partial charge in [0.25, 0.3) is 0 Å². The lowest BCUT2D eigenvalue weighted by Gasteiger charge is -2.39. The number of hydrogen-bond donors (Lipinski definition) is 1. The summed E-state index contributed by atoms with van der Waals surface area (Å²) in [7, 11) is 0. The smallest absolute Gasteiger partial charge is 0.0743 e. The number of nitrogens with zero attached hydrogens (tertiary/aromatic N) is 1.